The SMILES string of the molecule is CCC(CCC(CCC(C)C(=O)OC)C(=O)Nc1cccc(NC(=O)C(N=Nc2cc(C(=O)OC)ccc2C(=O)OC)=C(C)O)c1)c1ccccc1. The third kappa shape index (κ3) is 11.6. The summed E-state index contributed by atoms with van der Waals surface area (Å²) in [4.78, 5) is 63.4. The monoisotopic (exact) mass is 714 g/mol. The van der Waals surface area contributed by atoms with E-state index in [1.54, 1.807) is 31.2 Å². The number of benzene rings is 3. The van der Waals surface area contributed by atoms with E-state index in [2.05, 4.69) is 39.9 Å². The standard InChI is InChI=1S/C39H46N4O9/c1-7-26(27-12-9-8-10-13-27)18-19-28(17-16-24(2)37(47)50-4)35(45)40-30-14-11-15-31(23-30)41-36(46)34(25(3)44)43-42-33-22-29(38(48)51-5)20-21-32(33)39(49)52-6/h8-15,20-24,26,28,44H,7,16-19H2,1-6H3,(H,40,45)(H,41,46). The van der Waals surface area contributed by atoms with Gasteiger partial charge >= 0.3 is 17.9 Å². The smallest absolute Gasteiger partial charge is 0.340 e. The molecule has 52 heavy (non-hydrogen) atoms. The lowest BCUT2D eigenvalue weighted by Gasteiger charge is -2.22. The molecular formula is C39H46N4O9. The Morgan fingerprint density at radius 2 is 1.42 bits per heavy atom. The van der Waals surface area contributed by atoms with E-state index in [1.807, 2.05) is 18.2 Å². The van der Waals surface area contributed by atoms with Gasteiger partial charge in [0.2, 0.25) is 5.91 Å². The van der Waals surface area contributed by atoms with Gasteiger partial charge in [0.15, 0.2) is 5.70 Å². The van der Waals surface area contributed by atoms with Gasteiger partial charge in [0.05, 0.1) is 38.4 Å². The fourth-order valence-corrected chi connectivity index (χ4v) is 5.55. The first-order valence-electron chi connectivity index (χ1n) is 16.9. The highest BCUT2D eigenvalue weighted by atomic mass is 16.5. The Labute approximate surface area is 303 Å². The van der Waals surface area contributed by atoms with Gasteiger partial charge in [-0.1, -0.05) is 50.2 Å². The number of esters is 3. The van der Waals surface area contributed by atoms with Crippen LogP contribution in [0.4, 0.5) is 17.1 Å². The second kappa shape index (κ2) is 20.1. The summed E-state index contributed by atoms with van der Waals surface area (Å²) >= 11 is 0. The number of methoxy groups -OCH3 is 3. The normalized spacial score (nSPS) is 13.3. The zero-order chi connectivity index (χ0) is 38.2. The summed E-state index contributed by atoms with van der Waals surface area (Å²) in [5.74, 6) is -3.81. The number of rotatable bonds is 17. The van der Waals surface area contributed by atoms with Gasteiger partial charge in [-0.25, -0.2) is 9.59 Å². The van der Waals surface area contributed by atoms with Crippen LogP contribution in [0.1, 0.15) is 85.1 Å². The van der Waals surface area contributed by atoms with Crippen LogP contribution in [0.15, 0.2) is 94.5 Å². The highest BCUT2D eigenvalue weighted by Crippen LogP contribution is 2.30. The van der Waals surface area contributed by atoms with Crippen LogP contribution >= 0.6 is 0 Å². The first-order chi connectivity index (χ1) is 24.9. The molecular weight excluding hydrogens is 668 g/mol. The molecule has 0 heterocycles. The van der Waals surface area contributed by atoms with Crippen molar-refractivity contribution in [2.45, 2.75) is 58.8 Å². The molecule has 13 nitrogen and oxygen atoms in total. The molecule has 0 aliphatic heterocycles. The predicted octanol–water partition coefficient (Wildman–Crippen LogP) is 7.89. The molecule has 0 saturated carbocycles. The molecule has 0 fully saturated rings. The van der Waals surface area contributed by atoms with E-state index in [1.165, 1.54) is 52.0 Å². The molecule has 0 spiro atoms. The van der Waals surface area contributed by atoms with E-state index in [-0.39, 0.29) is 46.2 Å². The van der Waals surface area contributed by atoms with Gasteiger partial charge in [0, 0.05) is 17.3 Å². The second-order valence-electron chi connectivity index (χ2n) is 12.2. The van der Waals surface area contributed by atoms with Crippen molar-refractivity contribution in [1.82, 2.24) is 0 Å². The summed E-state index contributed by atoms with van der Waals surface area (Å²) in [6.07, 6.45) is 3.23. The fraction of sp³-hybridized carbons (Fsp3) is 0.359. The van der Waals surface area contributed by atoms with Crippen molar-refractivity contribution in [2.75, 3.05) is 32.0 Å². The molecule has 3 aromatic rings. The number of aliphatic hydroxyl groups is 1. The van der Waals surface area contributed by atoms with E-state index < -0.39 is 35.2 Å². The minimum atomic E-state index is -0.836. The van der Waals surface area contributed by atoms with E-state index in [0.717, 1.165) is 12.8 Å². The highest BCUT2D eigenvalue weighted by molar-refractivity contribution is 6.04. The van der Waals surface area contributed by atoms with Crippen molar-refractivity contribution in [3.05, 3.63) is 101 Å². The topological polar surface area (TPSA) is 182 Å². The fourth-order valence-electron chi connectivity index (χ4n) is 5.55. The lowest BCUT2D eigenvalue weighted by Crippen LogP contribution is -2.25. The maximum Gasteiger partial charge on any atom is 0.340 e. The van der Waals surface area contributed by atoms with Gasteiger partial charge in [-0.15, -0.1) is 10.2 Å². The summed E-state index contributed by atoms with van der Waals surface area (Å²) < 4.78 is 14.4. The Morgan fingerprint density at radius 1 is 0.769 bits per heavy atom. The number of nitrogens with zero attached hydrogens (tertiary/aromatic N) is 2. The summed E-state index contributed by atoms with van der Waals surface area (Å²) in [6, 6.07) is 20.5. The van der Waals surface area contributed by atoms with Crippen LogP contribution in [0.5, 0.6) is 0 Å². The van der Waals surface area contributed by atoms with Crippen LogP contribution in [-0.2, 0) is 28.6 Å². The summed E-state index contributed by atoms with van der Waals surface area (Å²) in [5, 5.41) is 23.8. The number of hydrogen-bond acceptors (Lipinski definition) is 11. The van der Waals surface area contributed by atoms with Gasteiger partial charge < -0.3 is 30.0 Å². The van der Waals surface area contributed by atoms with Crippen molar-refractivity contribution in [2.24, 2.45) is 22.1 Å². The predicted molar refractivity (Wildman–Crippen MR) is 195 cm³/mol. The Bertz CT molecular complexity index is 1790. The van der Waals surface area contributed by atoms with Crippen LogP contribution in [-0.4, -0.2) is 56.2 Å². The van der Waals surface area contributed by atoms with Gasteiger partial charge in [-0.2, -0.15) is 0 Å². The molecule has 3 atom stereocenters. The Morgan fingerprint density at radius 3 is 2.04 bits per heavy atom. The molecule has 3 aromatic carbocycles. The number of aliphatic hydroxyl groups excluding tert-OH is 1. The van der Waals surface area contributed by atoms with Crippen molar-refractivity contribution in [1.29, 1.82) is 0 Å². The number of ether oxygens (including phenoxy) is 3. The number of allylic oxidation sites excluding steroid dienone is 1. The van der Waals surface area contributed by atoms with E-state index in [9.17, 15) is 29.1 Å². The number of carbonyl (C=O) groups is 5. The average molecular weight is 715 g/mol. The minimum absolute atomic E-state index is 0.0407. The van der Waals surface area contributed by atoms with Gasteiger partial charge in [0.25, 0.3) is 5.91 Å². The molecule has 0 bridgehead atoms. The van der Waals surface area contributed by atoms with Gasteiger partial charge in [-0.05, 0) is 86.9 Å². The molecule has 0 aromatic heterocycles. The van der Waals surface area contributed by atoms with Crippen molar-refractivity contribution < 1.29 is 43.3 Å². The van der Waals surface area contributed by atoms with Crippen LogP contribution in [0.2, 0.25) is 0 Å². The van der Waals surface area contributed by atoms with E-state index in [4.69, 9.17) is 14.2 Å². The van der Waals surface area contributed by atoms with E-state index >= 15 is 0 Å². The molecule has 13 heteroatoms. The largest absolute Gasteiger partial charge is 0.510 e. The summed E-state index contributed by atoms with van der Waals surface area (Å²) in [5.41, 5.74) is 1.36. The number of amides is 2. The third-order valence-electron chi connectivity index (χ3n) is 8.58. The number of hydrogen-bond donors (Lipinski definition) is 3. The second-order valence-corrected chi connectivity index (χ2v) is 12.2. The lowest BCUT2D eigenvalue weighted by atomic mass is 9.85. The third-order valence-corrected chi connectivity index (χ3v) is 8.58. The Balaban J connectivity index is 1.79. The van der Waals surface area contributed by atoms with Crippen LogP contribution in [0.25, 0.3) is 0 Å². The first kappa shape index (κ1) is 40.6. The molecule has 0 radical (unpaired) electrons. The molecule has 0 aliphatic rings. The first-order valence-corrected chi connectivity index (χ1v) is 16.9. The molecule has 3 N–H and O–H groups in total. The van der Waals surface area contributed by atoms with Crippen LogP contribution in [0.3, 0.4) is 0 Å². The number of carbonyl (C=O) groups excluding carboxylic acids is 5. The lowest BCUT2D eigenvalue weighted by molar-refractivity contribution is -0.145. The molecule has 276 valence electrons. The van der Waals surface area contributed by atoms with Crippen LogP contribution < -0.4 is 10.6 Å². The zero-order valence-electron chi connectivity index (χ0n) is 30.3. The van der Waals surface area contributed by atoms with E-state index in [0.29, 0.717) is 24.9 Å². The van der Waals surface area contributed by atoms with Gasteiger partial charge in [-0.3, -0.25) is 14.4 Å². The number of azo groups is 1. The summed E-state index contributed by atoms with van der Waals surface area (Å²) in [6.45, 7) is 5.13. The van der Waals surface area contributed by atoms with Crippen molar-refractivity contribution in [3.63, 3.8) is 0 Å². The zero-order valence-corrected chi connectivity index (χ0v) is 30.3. The maximum atomic E-state index is 13.7. The Kier molecular flexibility index (Phi) is 15.7. The molecule has 0 saturated heterocycles. The highest BCUT2D eigenvalue weighted by Gasteiger charge is 2.24. The number of nitrogens with one attached hydrogen (secondary N) is 2. The van der Waals surface area contributed by atoms with Gasteiger partial charge in [0.1, 0.15) is 11.4 Å². The summed E-state index contributed by atoms with van der Waals surface area (Å²) in [7, 11) is 3.71. The molecule has 3 unspecified atom stereocenters. The Hall–Kier alpha value is -5.85. The average Bonchev–Trinajstić information content (AvgIpc) is 3.15. The minimum Gasteiger partial charge on any atom is -0.510 e. The quantitative estimate of drug-likeness (QED) is 0.0412. The molecule has 0 aliphatic carbocycles. The molecule has 3 rings (SSSR count). The van der Waals surface area contributed by atoms with Crippen molar-refractivity contribution in [3.8, 4) is 0 Å². The molecule has 2 amide bonds. The number of anilines is 2. The van der Waals surface area contributed by atoms with Crippen LogP contribution in [0, 0.1) is 11.8 Å². The van der Waals surface area contributed by atoms with Crippen molar-refractivity contribution >= 4 is 46.8 Å². The maximum absolute atomic E-state index is 13.7.